The van der Waals surface area contributed by atoms with Crippen molar-refractivity contribution in [1.82, 2.24) is 0 Å². The minimum absolute atomic E-state index is 0. The van der Waals surface area contributed by atoms with Crippen LogP contribution >= 0.6 is 0 Å². The third-order valence-electron chi connectivity index (χ3n) is 1.92. The lowest BCUT2D eigenvalue weighted by atomic mass is 10.1. The number of aryl methyl sites for hydroxylation is 1. The highest BCUT2D eigenvalue weighted by Crippen LogP contribution is 2.11. The molecule has 0 aliphatic carbocycles. The second kappa shape index (κ2) is 3.32. The molecule has 2 heteroatoms. The number of aromatic amines is 1. The summed E-state index contributed by atoms with van der Waals surface area (Å²) in [6, 6.07) is 10.4. The van der Waals surface area contributed by atoms with Gasteiger partial charge < -0.3 is 6.15 Å². The fourth-order valence-corrected chi connectivity index (χ4v) is 1.30. The molecule has 1 heterocycles. The zero-order chi connectivity index (χ0) is 7.68. The third kappa shape index (κ3) is 1.29. The van der Waals surface area contributed by atoms with Crippen LogP contribution in [-0.2, 0) is 0 Å². The van der Waals surface area contributed by atoms with Crippen molar-refractivity contribution in [3.63, 3.8) is 0 Å². The van der Waals surface area contributed by atoms with Gasteiger partial charge >= 0.3 is 0 Å². The first-order valence-corrected chi connectivity index (χ1v) is 3.74. The smallest absolute Gasteiger partial charge is 0.211 e. The van der Waals surface area contributed by atoms with Crippen molar-refractivity contribution in [2.24, 2.45) is 0 Å². The molecule has 0 fully saturated rings. The molecule has 2 nitrogen and oxygen atoms in total. The maximum absolute atomic E-state index is 3.19. The Balaban J connectivity index is 0.000000720. The fourth-order valence-electron chi connectivity index (χ4n) is 1.30. The van der Waals surface area contributed by atoms with Gasteiger partial charge in [0.25, 0.3) is 0 Å². The largest absolute Gasteiger partial charge is 0.693 e. The van der Waals surface area contributed by atoms with E-state index in [1.54, 1.807) is 0 Å². The summed E-state index contributed by atoms with van der Waals surface area (Å²) in [4.78, 5) is 3.19. The van der Waals surface area contributed by atoms with E-state index in [-0.39, 0.29) is 6.15 Å². The number of nitrogens with one attached hydrogen (secondary N) is 1. The van der Waals surface area contributed by atoms with Crippen LogP contribution in [0.25, 0.3) is 17.1 Å². The Hall–Kier alpha value is -1.41. The molecule has 0 saturated heterocycles. The van der Waals surface area contributed by atoms with E-state index >= 15 is 0 Å². The summed E-state index contributed by atoms with van der Waals surface area (Å²) >= 11 is 0. The van der Waals surface area contributed by atoms with Gasteiger partial charge in [-0.1, -0.05) is 12.1 Å². The van der Waals surface area contributed by atoms with Gasteiger partial charge in [-0.15, -0.1) is 0 Å². The van der Waals surface area contributed by atoms with Gasteiger partial charge in [-0.3, -0.25) is 0 Å². The minimum Gasteiger partial charge on any atom is -0.693 e. The van der Waals surface area contributed by atoms with Crippen LogP contribution in [0.15, 0.2) is 36.5 Å². The molecule has 0 amide bonds. The lowest BCUT2D eigenvalue weighted by Crippen LogP contribution is -2.01. The SMILES string of the molecule is Cc1cc[nH+]c2ccccc12.[NH2-]. The van der Waals surface area contributed by atoms with Crippen LogP contribution in [0.5, 0.6) is 0 Å². The molecule has 1 aromatic carbocycles. The summed E-state index contributed by atoms with van der Waals surface area (Å²) in [6.45, 7) is 2.12. The van der Waals surface area contributed by atoms with E-state index in [9.17, 15) is 0 Å². The van der Waals surface area contributed by atoms with Crippen molar-refractivity contribution >= 4 is 10.9 Å². The number of fused-ring (bicyclic) bond motifs is 1. The van der Waals surface area contributed by atoms with E-state index < -0.39 is 0 Å². The molecular formula is C10H12N2. The highest BCUT2D eigenvalue weighted by Gasteiger charge is 1.98. The molecule has 0 atom stereocenters. The maximum atomic E-state index is 3.19. The van der Waals surface area contributed by atoms with E-state index in [0.29, 0.717) is 0 Å². The summed E-state index contributed by atoms with van der Waals surface area (Å²) < 4.78 is 0. The first kappa shape index (κ1) is 8.68. The number of pyridine rings is 1. The van der Waals surface area contributed by atoms with E-state index in [0.717, 1.165) is 0 Å². The number of hydrogen-bond donors (Lipinski definition) is 0. The van der Waals surface area contributed by atoms with Crippen molar-refractivity contribution in [2.45, 2.75) is 6.92 Å². The molecule has 0 spiro atoms. The molecular weight excluding hydrogens is 148 g/mol. The van der Waals surface area contributed by atoms with E-state index in [1.807, 2.05) is 12.3 Å². The standard InChI is InChI=1S/C10H9N.H2N/c1-8-6-7-11-10-5-3-2-4-9(8)10;/h2-7H,1H3;1H2/q;-1/p+1. The van der Waals surface area contributed by atoms with Crippen LogP contribution in [0.2, 0.25) is 0 Å². The van der Waals surface area contributed by atoms with Gasteiger partial charge in [-0.25, -0.2) is 4.98 Å². The van der Waals surface area contributed by atoms with Gasteiger partial charge in [0.2, 0.25) is 5.52 Å². The average molecular weight is 160 g/mol. The van der Waals surface area contributed by atoms with Crippen LogP contribution in [0.4, 0.5) is 0 Å². The average Bonchev–Trinajstić information content (AvgIpc) is 2.06. The Labute approximate surface area is 71.8 Å². The van der Waals surface area contributed by atoms with Gasteiger partial charge in [0.15, 0.2) is 6.20 Å². The van der Waals surface area contributed by atoms with Gasteiger partial charge in [0, 0.05) is 17.5 Å². The van der Waals surface area contributed by atoms with Crippen LogP contribution in [0.1, 0.15) is 5.56 Å². The Morgan fingerprint density at radius 3 is 2.58 bits per heavy atom. The summed E-state index contributed by atoms with van der Waals surface area (Å²) in [5.74, 6) is 0. The quantitative estimate of drug-likeness (QED) is 0.569. The number of H-pyrrole nitrogens is 1. The molecule has 0 aliphatic rings. The molecule has 0 aliphatic heterocycles. The molecule has 2 rings (SSSR count). The Bertz CT molecular complexity index is 377. The maximum Gasteiger partial charge on any atom is 0.211 e. The summed E-state index contributed by atoms with van der Waals surface area (Å²) in [5, 5.41) is 1.30. The highest BCUT2D eigenvalue weighted by molar-refractivity contribution is 5.78. The van der Waals surface area contributed by atoms with Gasteiger partial charge in [0.05, 0.1) is 0 Å². The molecule has 1 aromatic heterocycles. The van der Waals surface area contributed by atoms with Gasteiger partial charge in [0.1, 0.15) is 0 Å². The van der Waals surface area contributed by atoms with Crippen LogP contribution in [-0.4, -0.2) is 0 Å². The lowest BCUT2D eigenvalue weighted by molar-refractivity contribution is -0.344. The predicted molar refractivity (Wildman–Crippen MR) is 50.5 cm³/mol. The summed E-state index contributed by atoms with van der Waals surface area (Å²) in [7, 11) is 0. The number of para-hydroxylation sites is 1. The molecule has 62 valence electrons. The number of rotatable bonds is 0. The van der Waals surface area contributed by atoms with Crippen LogP contribution < -0.4 is 4.98 Å². The van der Waals surface area contributed by atoms with E-state index in [2.05, 4.69) is 36.2 Å². The highest BCUT2D eigenvalue weighted by atomic mass is 14.6. The van der Waals surface area contributed by atoms with E-state index in [1.165, 1.54) is 16.5 Å². The van der Waals surface area contributed by atoms with Gasteiger partial charge in [-0.05, 0) is 18.6 Å². The summed E-state index contributed by atoms with van der Waals surface area (Å²) in [5.41, 5.74) is 2.52. The van der Waals surface area contributed by atoms with Crippen molar-refractivity contribution in [2.75, 3.05) is 0 Å². The Morgan fingerprint density at radius 1 is 1.08 bits per heavy atom. The van der Waals surface area contributed by atoms with Crippen molar-refractivity contribution in [1.29, 1.82) is 0 Å². The van der Waals surface area contributed by atoms with Gasteiger partial charge in [-0.2, -0.15) is 0 Å². The predicted octanol–water partition coefficient (Wildman–Crippen LogP) is 2.68. The van der Waals surface area contributed by atoms with Crippen molar-refractivity contribution in [3.05, 3.63) is 48.2 Å². The molecule has 0 bridgehead atoms. The van der Waals surface area contributed by atoms with Crippen molar-refractivity contribution in [3.8, 4) is 0 Å². The van der Waals surface area contributed by atoms with E-state index in [4.69, 9.17) is 0 Å². The number of nitrogens with two attached hydrogens (primary N) is 1. The molecule has 3 N–H and O–H groups in total. The minimum atomic E-state index is 0. The lowest BCUT2D eigenvalue weighted by Gasteiger charge is -1.93. The molecule has 0 saturated carbocycles. The zero-order valence-corrected chi connectivity index (χ0v) is 7.04. The third-order valence-corrected chi connectivity index (χ3v) is 1.92. The molecule has 12 heavy (non-hydrogen) atoms. The molecule has 0 unspecified atom stereocenters. The Morgan fingerprint density at radius 2 is 1.83 bits per heavy atom. The molecule has 2 aromatic rings. The second-order valence-electron chi connectivity index (χ2n) is 2.71. The monoisotopic (exact) mass is 160 g/mol. The number of aromatic nitrogens is 1. The first-order chi connectivity index (χ1) is 5.38. The Kier molecular flexibility index (Phi) is 2.41. The number of hydrogen-bond acceptors (Lipinski definition) is 0. The zero-order valence-electron chi connectivity index (χ0n) is 7.04. The van der Waals surface area contributed by atoms with Crippen LogP contribution in [0, 0.1) is 6.92 Å². The normalized spacial score (nSPS) is 9.42. The summed E-state index contributed by atoms with van der Waals surface area (Å²) in [6.07, 6.45) is 1.97. The molecule has 0 radical (unpaired) electrons. The first-order valence-electron chi connectivity index (χ1n) is 3.74. The van der Waals surface area contributed by atoms with Crippen molar-refractivity contribution < 1.29 is 4.98 Å². The second-order valence-corrected chi connectivity index (χ2v) is 2.71. The topological polar surface area (TPSA) is 47.6 Å². The fraction of sp³-hybridized carbons (Fsp3) is 0.100. The van der Waals surface area contributed by atoms with Crippen LogP contribution in [0.3, 0.4) is 0 Å². The number of benzene rings is 1.